The molecule has 3 aromatic carbocycles. The van der Waals surface area contributed by atoms with E-state index in [9.17, 15) is 14.0 Å². The third-order valence-electron chi connectivity index (χ3n) is 7.28. The highest BCUT2D eigenvalue weighted by molar-refractivity contribution is 6.35. The van der Waals surface area contributed by atoms with Gasteiger partial charge in [0, 0.05) is 13.6 Å². The van der Waals surface area contributed by atoms with E-state index in [-0.39, 0.29) is 33.6 Å². The van der Waals surface area contributed by atoms with Gasteiger partial charge in [-0.15, -0.1) is 0 Å². The number of hydrogen-bond acceptors (Lipinski definition) is 8. The largest absolute Gasteiger partial charge is 0.497 e. The third kappa shape index (κ3) is 5.23. The van der Waals surface area contributed by atoms with Gasteiger partial charge in [0.1, 0.15) is 40.9 Å². The van der Waals surface area contributed by atoms with Crippen LogP contribution in [0, 0.1) is 5.82 Å². The number of nitrogens with zero attached hydrogens (tertiary/aromatic N) is 6. The maximum Gasteiger partial charge on any atom is 0.267 e. The molecule has 1 amide bonds. The van der Waals surface area contributed by atoms with Crippen LogP contribution in [-0.2, 0) is 6.54 Å². The van der Waals surface area contributed by atoms with Crippen molar-refractivity contribution in [2.24, 2.45) is 0 Å². The van der Waals surface area contributed by atoms with Crippen molar-refractivity contribution in [1.29, 1.82) is 0 Å². The van der Waals surface area contributed by atoms with Crippen LogP contribution in [0.3, 0.4) is 0 Å². The van der Waals surface area contributed by atoms with Gasteiger partial charge in [-0.05, 0) is 55.0 Å². The molecule has 1 atom stereocenters. The van der Waals surface area contributed by atoms with Gasteiger partial charge in [-0.2, -0.15) is 0 Å². The fourth-order valence-electron chi connectivity index (χ4n) is 5.21. The topological polar surface area (TPSA) is 105 Å². The van der Waals surface area contributed by atoms with Crippen LogP contribution in [0.5, 0.6) is 5.75 Å². The Labute approximate surface area is 251 Å². The Morgan fingerprint density at radius 2 is 1.84 bits per heavy atom. The van der Waals surface area contributed by atoms with Crippen molar-refractivity contribution >= 4 is 40.0 Å². The van der Waals surface area contributed by atoms with Gasteiger partial charge in [-0.25, -0.2) is 19.3 Å². The highest BCUT2D eigenvalue weighted by Gasteiger charge is 2.33. The number of halogens is 2. The van der Waals surface area contributed by atoms with Gasteiger partial charge in [-0.1, -0.05) is 35.9 Å². The lowest BCUT2D eigenvalue weighted by Crippen LogP contribution is -2.45. The lowest BCUT2D eigenvalue weighted by Gasteiger charge is -2.36. The minimum absolute atomic E-state index is 0.217. The molecule has 0 saturated carbocycles. The molecule has 0 saturated heterocycles. The number of rotatable bonds is 7. The first-order chi connectivity index (χ1) is 20.7. The molecule has 6 rings (SSSR count). The average Bonchev–Trinajstić information content (AvgIpc) is 3.00. The molecule has 218 valence electrons. The normalized spacial score (nSPS) is 13.7. The maximum absolute atomic E-state index is 14.3. The molecule has 5 aromatic rings. The second-order valence-corrected chi connectivity index (χ2v) is 10.6. The molecule has 0 bridgehead atoms. The molecule has 2 aromatic heterocycles. The van der Waals surface area contributed by atoms with Gasteiger partial charge in [0.25, 0.3) is 11.5 Å². The molecule has 1 aliphatic heterocycles. The van der Waals surface area contributed by atoms with Crippen LogP contribution in [0.1, 0.15) is 34.7 Å². The number of anilines is 2. The molecule has 0 radical (unpaired) electrons. The third-order valence-corrected chi connectivity index (χ3v) is 7.60. The SMILES string of the molecule is COc1ccc(CN2CN(C)C(=O)c3c(N[C@@H](C)c4nc5cccc(Cl)c5c(=O)n4-c4cccc(F)c4)ncnc32)cc1. The fourth-order valence-corrected chi connectivity index (χ4v) is 5.46. The zero-order valence-electron chi connectivity index (χ0n) is 23.6. The van der Waals surface area contributed by atoms with E-state index in [2.05, 4.69) is 15.3 Å². The molecule has 3 heterocycles. The molecule has 0 aliphatic carbocycles. The maximum atomic E-state index is 14.3. The molecule has 10 nitrogen and oxygen atoms in total. The number of hydrogen-bond donors (Lipinski definition) is 1. The summed E-state index contributed by atoms with van der Waals surface area (Å²) in [5.41, 5.74) is 1.53. The Morgan fingerprint density at radius 1 is 1.07 bits per heavy atom. The smallest absolute Gasteiger partial charge is 0.267 e. The van der Waals surface area contributed by atoms with E-state index in [0.29, 0.717) is 30.1 Å². The van der Waals surface area contributed by atoms with Crippen LogP contribution in [0.2, 0.25) is 5.02 Å². The lowest BCUT2D eigenvalue weighted by molar-refractivity contribution is 0.0781. The van der Waals surface area contributed by atoms with Gasteiger partial charge in [0.2, 0.25) is 0 Å². The van der Waals surface area contributed by atoms with E-state index in [1.807, 2.05) is 29.2 Å². The Balaban J connectivity index is 1.42. The molecule has 1 aliphatic rings. The van der Waals surface area contributed by atoms with Crippen LogP contribution < -0.4 is 20.5 Å². The molecular formula is C31H27ClFN7O3. The number of fused-ring (bicyclic) bond motifs is 2. The van der Waals surface area contributed by atoms with Gasteiger partial charge >= 0.3 is 0 Å². The second kappa shape index (κ2) is 11.3. The summed E-state index contributed by atoms with van der Waals surface area (Å²) in [7, 11) is 3.33. The van der Waals surface area contributed by atoms with Crippen LogP contribution in [0.15, 0.2) is 77.9 Å². The van der Waals surface area contributed by atoms with Crippen molar-refractivity contribution in [3.63, 3.8) is 0 Å². The first-order valence-electron chi connectivity index (χ1n) is 13.5. The number of amides is 1. The summed E-state index contributed by atoms with van der Waals surface area (Å²) in [5.74, 6) is 1.02. The minimum atomic E-state index is -0.659. The van der Waals surface area contributed by atoms with E-state index < -0.39 is 17.4 Å². The first kappa shape index (κ1) is 28.1. The number of benzene rings is 3. The number of methoxy groups -OCH3 is 1. The summed E-state index contributed by atoms with van der Waals surface area (Å²) in [6.45, 7) is 2.61. The van der Waals surface area contributed by atoms with E-state index in [4.69, 9.17) is 21.3 Å². The zero-order chi connectivity index (χ0) is 30.2. The standard InChI is InChI=1S/C31H27ClFN7O3/c1-18(28-37-24-9-5-8-23(32)25(24)31(42)40(28)21-7-4-6-20(33)14-21)36-27-26-29(35-16-34-27)39(17-38(2)30(26)41)15-19-10-12-22(43-3)13-11-19/h4-14,16,18H,15,17H2,1-3H3,(H,34,35,36)/t18-/m0/s1. The molecule has 0 unspecified atom stereocenters. The molecule has 0 fully saturated rings. The second-order valence-electron chi connectivity index (χ2n) is 10.2. The zero-order valence-corrected chi connectivity index (χ0v) is 24.3. The van der Waals surface area contributed by atoms with Gasteiger partial charge in [0.15, 0.2) is 0 Å². The minimum Gasteiger partial charge on any atom is -0.497 e. The van der Waals surface area contributed by atoms with E-state index in [1.165, 1.54) is 29.1 Å². The van der Waals surface area contributed by atoms with E-state index >= 15 is 0 Å². The number of carbonyl (C=O) groups excluding carboxylic acids is 1. The van der Waals surface area contributed by atoms with E-state index in [0.717, 1.165) is 11.3 Å². The van der Waals surface area contributed by atoms with Crippen LogP contribution >= 0.6 is 11.6 Å². The average molecular weight is 600 g/mol. The molecular weight excluding hydrogens is 573 g/mol. The number of aromatic nitrogens is 4. The van der Waals surface area contributed by atoms with Crippen molar-refractivity contribution in [1.82, 2.24) is 24.4 Å². The molecule has 12 heteroatoms. The number of ether oxygens (including phenoxy) is 1. The Hall–Kier alpha value is -5.03. The monoisotopic (exact) mass is 599 g/mol. The van der Waals surface area contributed by atoms with Crippen LogP contribution in [0.25, 0.3) is 16.6 Å². The highest BCUT2D eigenvalue weighted by atomic mass is 35.5. The molecule has 1 N–H and O–H groups in total. The summed E-state index contributed by atoms with van der Waals surface area (Å²) in [4.78, 5) is 44.5. The van der Waals surface area contributed by atoms with Gasteiger partial charge in [0.05, 0.1) is 41.4 Å². The van der Waals surface area contributed by atoms with Crippen molar-refractivity contribution in [2.45, 2.75) is 19.5 Å². The summed E-state index contributed by atoms with van der Waals surface area (Å²) in [5, 5.41) is 3.73. The van der Waals surface area contributed by atoms with Crippen molar-refractivity contribution in [2.75, 3.05) is 31.0 Å². The number of carbonyl (C=O) groups is 1. The summed E-state index contributed by atoms with van der Waals surface area (Å²) in [6.07, 6.45) is 1.39. The van der Waals surface area contributed by atoms with Crippen LogP contribution in [-0.4, -0.2) is 51.2 Å². The van der Waals surface area contributed by atoms with Gasteiger partial charge < -0.3 is 19.9 Å². The summed E-state index contributed by atoms with van der Waals surface area (Å²) in [6, 6.07) is 17.7. The lowest BCUT2D eigenvalue weighted by atomic mass is 10.1. The van der Waals surface area contributed by atoms with Crippen molar-refractivity contribution < 1.29 is 13.9 Å². The molecule has 0 spiro atoms. The summed E-state index contributed by atoms with van der Waals surface area (Å²) < 4.78 is 20.9. The van der Waals surface area contributed by atoms with Gasteiger partial charge in [-0.3, -0.25) is 14.2 Å². The quantitative estimate of drug-likeness (QED) is 0.272. The Kier molecular flexibility index (Phi) is 7.41. The Morgan fingerprint density at radius 3 is 2.58 bits per heavy atom. The van der Waals surface area contributed by atoms with Crippen molar-refractivity contribution in [3.05, 3.63) is 111 Å². The first-order valence-corrected chi connectivity index (χ1v) is 13.8. The Bertz CT molecular complexity index is 1920. The fraction of sp³-hybridized carbons (Fsp3) is 0.194. The number of nitrogens with one attached hydrogen (secondary N) is 1. The summed E-state index contributed by atoms with van der Waals surface area (Å²) >= 11 is 6.40. The predicted octanol–water partition coefficient (Wildman–Crippen LogP) is 5.20. The highest BCUT2D eigenvalue weighted by Crippen LogP contribution is 2.32. The van der Waals surface area contributed by atoms with E-state index in [1.54, 1.807) is 50.2 Å². The molecule has 43 heavy (non-hydrogen) atoms. The predicted molar refractivity (Wildman–Crippen MR) is 163 cm³/mol. The van der Waals surface area contributed by atoms with Crippen LogP contribution in [0.4, 0.5) is 16.0 Å². The van der Waals surface area contributed by atoms with Crippen molar-refractivity contribution in [3.8, 4) is 11.4 Å².